The second kappa shape index (κ2) is 6.08. The van der Waals surface area contributed by atoms with Crippen molar-refractivity contribution in [2.75, 3.05) is 6.26 Å². The fraction of sp³-hybridized carbons (Fsp3) is 0.200. The first-order valence-electron chi connectivity index (χ1n) is 8.16. The average Bonchev–Trinajstić information content (AvgIpc) is 2.98. The van der Waals surface area contributed by atoms with E-state index >= 15 is 0 Å². The van der Waals surface area contributed by atoms with E-state index in [9.17, 15) is 9.59 Å². The zero-order valence-electron chi connectivity index (χ0n) is 14.0. The SMILES string of the molecule is CCc1ccc2oc3c(c(=O)c2c1)C(c1ccc(SC)cc1)NC3=O. The van der Waals surface area contributed by atoms with Crippen LogP contribution in [0.1, 0.15) is 40.2 Å². The molecular formula is C20H17NO3S. The minimum Gasteiger partial charge on any atom is -0.450 e. The molecular weight excluding hydrogens is 334 g/mol. The van der Waals surface area contributed by atoms with Crippen molar-refractivity contribution in [3.8, 4) is 0 Å². The Morgan fingerprint density at radius 1 is 1.12 bits per heavy atom. The molecule has 1 unspecified atom stereocenters. The van der Waals surface area contributed by atoms with Crippen molar-refractivity contribution in [1.82, 2.24) is 5.32 Å². The summed E-state index contributed by atoms with van der Waals surface area (Å²) in [7, 11) is 0. The molecule has 1 aromatic heterocycles. The van der Waals surface area contributed by atoms with Gasteiger partial charge in [-0.3, -0.25) is 9.59 Å². The van der Waals surface area contributed by atoms with Gasteiger partial charge in [0, 0.05) is 4.90 Å². The lowest BCUT2D eigenvalue weighted by Gasteiger charge is -2.12. The molecule has 5 heteroatoms. The molecule has 0 aliphatic carbocycles. The summed E-state index contributed by atoms with van der Waals surface area (Å²) >= 11 is 1.65. The monoisotopic (exact) mass is 351 g/mol. The molecule has 0 bridgehead atoms. The Balaban J connectivity index is 1.92. The Morgan fingerprint density at radius 2 is 1.88 bits per heavy atom. The smallest absolute Gasteiger partial charge is 0.288 e. The summed E-state index contributed by atoms with van der Waals surface area (Å²) in [5, 5.41) is 3.41. The van der Waals surface area contributed by atoms with E-state index in [2.05, 4.69) is 5.32 Å². The molecule has 1 N–H and O–H groups in total. The van der Waals surface area contributed by atoms with E-state index in [0.717, 1.165) is 22.4 Å². The molecule has 2 aromatic carbocycles. The molecule has 3 aromatic rings. The third-order valence-electron chi connectivity index (χ3n) is 4.62. The molecule has 0 fully saturated rings. The third-order valence-corrected chi connectivity index (χ3v) is 5.36. The summed E-state index contributed by atoms with van der Waals surface area (Å²) in [4.78, 5) is 26.6. The van der Waals surface area contributed by atoms with Gasteiger partial charge in [0.15, 0.2) is 5.43 Å². The number of carbonyl (C=O) groups excluding carboxylic acids is 1. The zero-order valence-corrected chi connectivity index (χ0v) is 14.8. The van der Waals surface area contributed by atoms with Gasteiger partial charge in [-0.05, 0) is 48.1 Å². The van der Waals surface area contributed by atoms with E-state index < -0.39 is 6.04 Å². The lowest BCUT2D eigenvalue weighted by molar-refractivity contribution is 0.0938. The summed E-state index contributed by atoms with van der Waals surface area (Å²) in [5.74, 6) is -0.215. The van der Waals surface area contributed by atoms with Gasteiger partial charge in [0.05, 0.1) is 17.0 Å². The van der Waals surface area contributed by atoms with Crippen molar-refractivity contribution in [3.63, 3.8) is 0 Å². The van der Waals surface area contributed by atoms with Gasteiger partial charge in [-0.15, -0.1) is 11.8 Å². The predicted octanol–water partition coefficient (Wildman–Crippen LogP) is 3.91. The fourth-order valence-electron chi connectivity index (χ4n) is 3.22. The number of aryl methyl sites for hydroxylation is 1. The summed E-state index contributed by atoms with van der Waals surface area (Å²) in [6.07, 6.45) is 2.84. The van der Waals surface area contributed by atoms with Crippen LogP contribution in [0.2, 0.25) is 0 Å². The molecule has 0 saturated carbocycles. The highest BCUT2D eigenvalue weighted by atomic mass is 32.2. The molecule has 0 radical (unpaired) electrons. The standard InChI is InChI=1S/C20H17NO3S/c1-3-11-4-9-15-14(10-11)18(22)16-17(21-20(23)19(16)24-15)12-5-7-13(25-2)8-6-12/h4-10,17H,3H2,1-2H3,(H,21,23). The molecule has 0 spiro atoms. The summed E-state index contributed by atoms with van der Waals surface area (Å²) < 4.78 is 5.78. The maximum atomic E-state index is 13.1. The van der Waals surface area contributed by atoms with E-state index in [4.69, 9.17) is 4.42 Å². The van der Waals surface area contributed by atoms with Crippen LogP contribution in [0, 0.1) is 0 Å². The molecule has 4 rings (SSSR count). The Kier molecular flexibility index (Phi) is 3.88. The molecule has 1 atom stereocenters. The van der Waals surface area contributed by atoms with Crippen molar-refractivity contribution in [2.24, 2.45) is 0 Å². The third kappa shape index (κ3) is 2.55. The van der Waals surface area contributed by atoms with Gasteiger partial charge in [-0.1, -0.05) is 25.1 Å². The van der Waals surface area contributed by atoms with Crippen LogP contribution in [0.25, 0.3) is 11.0 Å². The first-order chi connectivity index (χ1) is 12.1. The van der Waals surface area contributed by atoms with Crippen molar-refractivity contribution in [2.45, 2.75) is 24.3 Å². The summed E-state index contributed by atoms with van der Waals surface area (Å²) in [6, 6.07) is 12.9. The summed E-state index contributed by atoms with van der Waals surface area (Å²) in [5.41, 5.74) is 2.67. The maximum Gasteiger partial charge on any atom is 0.288 e. The number of thioether (sulfide) groups is 1. The quantitative estimate of drug-likeness (QED) is 0.727. The second-order valence-electron chi connectivity index (χ2n) is 6.04. The Labute approximate surface area is 149 Å². The summed E-state index contributed by atoms with van der Waals surface area (Å²) in [6.45, 7) is 2.04. The van der Waals surface area contributed by atoms with Gasteiger partial charge in [0.25, 0.3) is 5.91 Å². The Bertz CT molecular complexity index is 1040. The molecule has 126 valence electrons. The highest BCUT2D eigenvalue weighted by molar-refractivity contribution is 7.98. The molecule has 4 nitrogen and oxygen atoms in total. The number of benzene rings is 2. The molecule has 2 heterocycles. The van der Waals surface area contributed by atoms with Crippen molar-refractivity contribution >= 4 is 28.6 Å². The number of rotatable bonds is 3. The fourth-order valence-corrected chi connectivity index (χ4v) is 3.63. The topological polar surface area (TPSA) is 59.3 Å². The van der Waals surface area contributed by atoms with Crippen LogP contribution >= 0.6 is 11.8 Å². The maximum absolute atomic E-state index is 13.1. The zero-order chi connectivity index (χ0) is 17.6. The van der Waals surface area contributed by atoms with Gasteiger partial charge in [-0.2, -0.15) is 0 Å². The normalized spacial score (nSPS) is 16.1. The molecule has 1 aliphatic heterocycles. The highest BCUT2D eigenvalue weighted by Crippen LogP contribution is 2.31. The average molecular weight is 351 g/mol. The number of nitrogens with one attached hydrogen (secondary N) is 1. The van der Waals surface area contributed by atoms with Gasteiger partial charge >= 0.3 is 0 Å². The van der Waals surface area contributed by atoms with Gasteiger partial charge in [0.2, 0.25) is 5.76 Å². The molecule has 0 saturated heterocycles. The van der Waals surface area contributed by atoms with E-state index in [-0.39, 0.29) is 17.1 Å². The minimum atomic E-state index is -0.468. The van der Waals surface area contributed by atoms with Crippen LogP contribution in [0.5, 0.6) is 0 Å². The van der Waals surface area contributed by atoms with Crippen molar-refractivity contribution in [3.05, 3.63) is 75.1 Å². The number of fused-ring (bicyclic) bond motifs is 2. The van der Waals surface area contributed by atoms with E-state index in [1.54, 1.807) is 17.8 Å². The van der Waals surface area contributed by atoms with Crippen LogP contribution in [0.3, 0.4) is 0 Å². The van der Waals surface area contributed by atoms with Crippen LogP contribution in [0.15, 0.2) is 56.6 Å². The minimum absolute atomic E-state index is 0.126. The highest BCUT2D eigenvalue weighted by Gasteiger charge is 2.35. The number of hydrogen-bond donors (Lipinski definition) is 1. The van der Waals surface area contributed by atoms with E-state index in [1.165, 1.54) is 0 Å². The lowest BCUT2D eigenvalue weighted by atomic mass is 9.99. The Morgan fingerprint density at radius 3 is 2.56 bits per heavy atom. The van der Waals surface area contributed by atoms with Crippen molar-refractivity contribution < 1.29 is 9.21 Å². The second-order valence-corrected chi connectivity index (χ2v) is 6.92. The largest absolute Gasteiger partial charge is 0.450 e. The van der Waals surface area contributed by atoms with Crippen LogP contribution in [-0.4, -0.2) is 12.2 Å². The first kappa shape index (κ1) is 16.0. The molecule has 25 heavy (non-hydrogen) atoms. The number of carbonyl (C=O) groups is 1. The Hall–Kier alpha value is -2.53. The van der Waals surface area contributed by atoms with E-state index in [1.807, 2.05) is 49.6 Å². The van der Waals surface area contributed by atoms with Crippen molar-refractivity contribution in [1.29, 1.82) is 0 Å². The van der Waals surface area contributed by atoms with Crippen LogP contribution in [-0.2, 0) is 6.42 Å². The van der Waals surface area contributed by atoms with E-state index in [0.29, 0.717) is 16.5 Å². The van der Waals surface area contributed by atoms with Crippen LogP contribution in [0.4, 0.5) is 0 Å². The number of hydrogen-bond acceptors (Lipinski definition) is 4. The van der Waals surface area contributed by atoms with Gasteiger partial charge in [-0.25, -0.2) is 0 Å². The van der Waals surface area contributed by atoms with Gasteiger partial charge < -0.3 is 9.73 Å². The predicted molar refractivity (Wildman–Crippen MR) is 99.4 cm³/mol. The lowest BCUT2D eigenvalue weighted by Crippen LogP contribution is -2.21. The first-order valence-corrected chi connectivity index (χ1v) is 9.39. The van der Waals surface area contributed by atoms with Gasteiger partial charge in [0.1, 0.15) is 5.58 Å². The van der Waals surface area contributed by atoms with Crippen LogP contribution < -0.4 is 10.7 Å². The molecule has 1 aliphatic rings. The number of amides is 1. The molecule has 1 amide bonds.